The maximum Gasteiger partial charge on any atom is 0.335 e. The van der Waals surface area contributed by atoms with E-state index in [0.717, 1.165) is 0 Å². The minimum absolute atomic E-state index is 0. The topological polar surface area (TPSA) is 50.2 Å². The Morgan fingerprint density at radius 1 is 1.27 bits per heavy atom. The van der Waals surface area contributed by atoms with E-state index in [0.29, 0.717) is 0 Å². The van der Waals surface area contributed by atoms with Gasteiger partial charge in [0.15, 0.2) is 0 Å². The lowest BCUT2D eigenvalue weighted by Crippen LogP contribution is -1.94. The van der Waals surface area contributed by atoms with Crippen molar-refractivity contribution in [2.75, 3.05) is 0 Å². The molecule has 5 heteroatoms. The van der Waals surface area contributed by atoms with Crippen molar-refractivity contribution in [3.63, 3.8) is 0 Å². The van der Waals surface area contributed by atoms with Gasteiger partial charge in [0.05, 0.1) is 5.56 Å². The molecular formula is C6H7Br2NO2. The summed E-state index contributed by atoms with van der Waals surface area (Å²) in [5, 5.41) is 8.36. The van der Waals surface area contributed by atoms with Crippen molar-refractivity contribution in [1.29, 1.82) is 0 Å². The van der Waals surface area contributed by atoms with Crippen LogP contribution in [0.25, 0.3) is 0 Å². The molecule has 1 aromatic heterocycles. The van der Waals surface area contributed by atoms with Crippen molar-refractivity contribution >= 4 is 39.9 Å². The van der Waals surface area contributed by atoms with Crippen LogP contribution in [0.5, 0.6) is 0 Å². The number of carboxylic acids is 1. The largest absolute Gasteiger partial charge is 0.478 e. The van der Waals surface area contributed by atoms with Gasteiger partial charge in [-0.1, -0.05) is 0 Å². The Labute approximate surface area is 85.0 Å². The first-order valence-corrected chi connectivity index (χ1v) is 2.44. The molecule has 0 aliphatic carbocycles. The number of aromatic carboxylic acids is 1. The normalized spacial score (nSPS) is 7.27. The molecule has 1 rings (SSSR count). The van der Waals surface area contributed by atoms with Gasteiger partial charge in [0.2, 0.25) is 0 Å². The highest BCUT2D eigenvalue weighted by Gasteiger charge is 1.97. The molecule has 0 fully saturated rings. The van der Waals surface area contributed by atoms with Crippen LogP contribution in [0.15, 0.2) is 24.5 Å². The molecule has 0 spiro atoms. The molecule has 0 saturated carbocycles. The van der Waals surface area contributed by atoms with Crippen molar-refractivity contribution in [3.8, 4) is 0 Å². The molecule has 0 saturated heterocycles. The van der Waals surface area contributed by atoms with Crippen LogP contribution in [0.1, 0.15) is 10.4 Å². The molecule has 0 radical (unpaired) electrons. The van der Waals surface area contributed by atoms with Crippen LogP contribution < -0.4 is 0 Å². The van der Waals surface area contributed by atoms with Crippen LogP contribution in [0, 0.1) is 0 Å². The summed E-state index contributed by atoms with van der Waals surface area (Å²) in [5.41, 5.74) is 0.269. The minimum atomic E-state index is -0.919. The molecule has 0 bridgehead atoms. The first-order chi connectivity index (χ1) is 4.30. The van der Waals surface area contributed by atoms with Gasteiger partial charge in [0.1, 0.15) is 0 Å². The summed E-state index contributed by atoms with van der Waals surface area (Å²) >= 11 is 0. The number of aromatic nitrogens is 1. The molecule has 0 amide bonds. The maximum absolute atomic E-state index is 10.2. The fourth-order valence-corrected chi connectivity index (χ4v) is 0.494. The Morgan fingerprint density at radius 3 is 2.00 bits per heavy atom. The summed E-state index contributed by atoms with van der Waals surface area (Å²) in [4.78, 5) is 13.8. The molecule has 0 aliphatic heterocycles. The molecule has 1 aromatic rings. The Hall–Kier alpha value is -0.420. The van der Waals surface area contributed by atoms with E-state index in [1.165, 1.54) is 24.5 Å². The number of hydrogen-bond acceptors (Lipinski definition) is 2. The first-order valence-electron chi connectivity index (χ1n) is 2.44. The van der Waals surface area contributed by atoms with Crippen LogP contribution in [-0.2, 0) is 0 Å². The number of hydrogen-bond donors (Lipinski definition) is 1. The molecule has 0 atom stereocenters. The van der Waals surface area contributed by atoms with Crippen LogP contribution in [0.3, 0.4) is 0 Å². The third kappa shape index (κ3) is 4.10. The summed E-state index contributed by atoms with van der Waals surface area (Å²) in [6.07, 6.45) is 2.90. The average Bonchev–Trinajstić information content (AvgIpc) is 1.90. The van der Waals surface area contributed by atoms with E-state index >= 15 is 0 Å². The van der Waals surface area contributed by atoms with E-state index in [9.17, 15) is 4.79 Å². The Bertz CT molecular complexity index is 215. The second-order valence-electron chi connectivity index (χ2n) is 1.54. The predicted octanol–water partition coefficient (Wildman–Crippen LogP) is 1.94. The highest BCUT2D eigenvalue weighted by Crippen LogP contribution is 1.93. The summed E-state index contributed by atoms with van der Waals surface area (Å²) in [6, 6.07) is 2.89. The Balaban J connectivity index is 0. The molecule has 0 aromatic carbocycles. The summed E-state index contributed by atoms with van der Waals surface area (Å²) in [6.45, 7) is 0. The molecule has 3 nitrogen and oxygen atoms in total. The van der Waals surface area contributed by atoms with E-state index in [1.807, 2.05) is 0 Å². The third-order valence-electron chi connectivity index (χ3n) is 0.927. The number of carboxylic acid groups (broad SMARTS) is 1. The van der Waals surface area contributed by atoms with Crippen molar-refractivity contribution in [3.05, 3.63) is 30.1 Å². The average molecular weight is 285 g/mol. The number of carbonyl (C=O) groups is 1. The Kier molecular flexibility index (Phi) is 7.55. The monoisotopic (exact) mass is 283 g/mol. The van der Waals surface area contributed by atoms with Gasteiger partial charge in [-0.2, -0.15) is 0 Å². The zero-order valence-corrected chi connectivity index (χ0v) is 8.85. The molecule has 11 heavy (non-hydrogen) atoms. The zero-order chi connectivity index (χ0) is 6.69. The van der Waals surface area contributed by atoms with Crippen molar-refractivity contribution < 1.29 is 9.90 Å². The second-order valence-corrected chi connectivity index (χ2v) is 1.54. The quantitative estimate of drug-likeness (QED) is 0.857. The highest BCUT2D eigenvalue weighted by atomic mass is 79.9. The van der Waals surface area contributed by atoms with E-state index in [-0.39, 0.29) is 39.5 Å². The Morgan fingerprint density at radius 2 is 1.73 bits per heavy atom. The molecule has 0 unspecified atom stereocenters. The van der Waals surface area contributed by atoms with Crippen LogP contribution in [0.2, 0.25) is 0 Å². The van der Waals surface area contributed by atoms with E-state index < -0.39 is 5.97 Å². The number of nitrogens with zero attached hydrogens (tertiary/aromatic N) is 1. The molecular weight excluding hydrogens is 278 g/mol. The van der Waals surface area contributed by atoms with E-state index in [4.69, 9.17) is 5.11 Å². The van der Waals surface area contributed by atoms with Gasteiger partial charge in [-0.05, 0) is 12.1 Å². The van der Waals surface area contributed by atoms with Gasteiger partial charge in [-0.15, -0.1) is 34.0 Å². The van der Waals surface area contributed by atoms with Crippen molar-refractivity contribution in [1.82, 2.24) is 4.98 Å². The fourth-order valence-electron chi connectivity index (χ4n) is 0.494. The van der Waals surface area contributed by atoms with Crippen LogP contribution in [0.4, 0.5) is 0 Å². The van der Waals surface area contributed by atoms with Crippen molar-refractivity contribution in [2.24, 2.45) is 0 Å². The van der Waals surface area contributed by atoms with Gasteiger partial charge in [-0.25, -0.2) is 4.79 Å². The lowest BCUT2D eigenvalue weighted by molar-refractivity contribution is 0.0697. The van der Waals surface area contributed by atoms with E-state index in [1.54, 1.807) is 0 Å². The van der Waals surface area contributed by atoms with E-state index in [2.05, 4.69) is 4.98 Å². The van der Waals surface area contributed by atoms with Gasteiger partial charge in [-0.3, -0.25) is 4.98 Å². The van der Waals surface area contributed by atoms with Gasteiger partial charge in [0, 0.05) is 12.4 Å². The maximum atomic E-state index is 10.2. The molecule has 1 N–H and O–H groups in total. The van der Waals surface area contributed by atoms with Gasteiger partial charge < -0.3 is 5.11 Å². The lowest BCUT2D eigenvalue weighted by Gasteiger charge is -1.87. The second kappa shape index (κ2) is 6.30. The van der Waals surface area contributed by atoms with Gasteiger partial charge in [0.25, 0.3) is 0 Å². The number of rotatable bonds is 1. The number of halogens is 2. The minimum Gasteiger partial charge on any atom is -0.478 e. The first kappa shape index (κ1) is 13.2. The highest BCUT2D eigenvalue weighted by molar-refractivity contribution is 8.93. The third-order valence-corrected chi connectivity index (χ3v) is 0.927. The lowest BCUT2D eigenvalue weighted by atomic mass is 10.3. The molecule has 62 valence electrons. The van der Waals surface area contributed by atoms with Crippen molar-refractivity contribution in [2.45, 2.75) is 0 Å². The smallest absolute Gasteiger partial charge is 0.335 e. The standard InChI is InChI=1S/C6H5NO2.2BrH/c8-6(9)5-1-3-7-4-2-5;;/h1-4H,(H,8,9);2*1H. The summed E-state index contributed by atoms with van der Waals surface area (Å²) in [5.74, 6) is -0.919. The SMILES string of the molecule is Br.Br.O=C(O)c1ccncc1. The summed E-state index contributed by atoms with van der Waals surface area (Å²) in [7, 11) is 0. The summed E-state index contributed by atoms with van der Waals surface area (Å²) < 4.78 is 0. The molecule has 1 heterocycles. The number of pyridine rings is 1. The van der Waals surface area contributed by atoms with Crippen LogP contribution in [-0.4, -0.2) is 16.1 Å². The predicted molar refractivity (Wildman–Crippen MR) is 51.8 cm³/mol. The molecule has 0 aliphatic rings. The van der Waals surface area contributed by atoms with Crippen LogP contribution >= 0.6 is 34.0 Å². The fraction of sp³-hybridized carbons (Fsp3) is 0. The zero-order valence-electron chi connectivity index (χ0n) is 5.43. The van der Waals surface area contributed by atoms with Gasteiger partial charge >= 0.3 is 5.97 Å².